The van der Waals surface area contributed by atoms with E-state index in [-0.39, 0.29) is 11.4 Å². The van der Waals surface area contributed by atoms with Gasteiger partial charge in [0.1, 0.15) is 12.1 Å². The molecule has 2 aromatic carbocycles. The lowest BCUT2D eigenvalue weighted by Crippen LogP contribution is -2.52. The molecule has 0 radical (unpaired) electrons. The minimum atomic E-state index is -0.974. The first-order chi connectivity index (χ1) is 12.4. The Morgan fingerprint density at radius 2 is 0.962 bits per heavy atom. The molecule has 1 saturated heterocycles. The Kier molecular flexibility index (Phi) is 4.31. The predicted octanol–water partition coefficient (Wildman–Crippen LogP) is 1.53. The zero-order valence-corrected chi connectivity index (χ0v) is 13.1. The van der Waals surface area contributed by atoms with Crippen LogP contribution in [0.5, 0.6) is 0 Å². The van der Waals surface area contributed by atoms with E-state index in [1.165, 1.54) is 48.5 Å². The zero-order valence-electron chi connectivity index (χ0n) is 13.1. The van der Waals surface area contributed by atoms with Gasteiger partial charge in [0, 0.05) is 24.3 Å². The highest BCUT2D eigenvalue weighted by atomic mass is 16.6. The van der Waals surface area contributed by atoms with E-state index < -0.39 is 33.7 Å². The highest BCUT2D eigenvalue weighted by molar-refractivity contribution is 5.98. The Labute approximate surface area is 146 Å². The number of carbonyl (C=O) groups excluding carboxylic acids is 2. The average Bonchev–Trinajstić information content (AvgIpc) is 2.63. The summed E-state index contributed by atoms with van der Waals surface area (Å²) < 4.78 is 0. The lowest BCUT2D eigenvalue weighted by Gasteiger charge is -2.30. The second-order valence-electron chi connectivity index (χ2n) is 5.58. The maximum Gasteiger partial charge on any atom is 0.269 e. The number of nitrogens with zero attached hydrogens (tertiary/aromatic N) is 2. The number of amides is 2. The van der Waals surface area contributed by atoms with Gasteiger partial charge in [-0.05, 0) is 35.4 Å². The molecule has 1 heterocycles. The number of benzene rings is 2. The van der Waals surface area contributed by atoms with Crippen molar-refractivity contribution in [3.05, 3.63) is 79.9 Å². The monoisotopic (exact) mass is 356 g/mol. The molecule has 1 aliphatic heterocycles. The van der Waals surface area contributed by atoms with Gasteiger partial charge in [-0.2, -0.15) is 0 Å². The van der Waals surface area contributed by atoms with Gasteiger partial charge in [-0.1, -0.05) is 0 Å². The normalized spacial score (nSPS) is 19.4. The Balaban J connectivity index is 1.78. The third kappa shape index (κ3) is 3.20. The lowest BCUT2D eigenvalue weighted by molar-refractivity contribution is -0.385. The summed E-state index contributed by atoms with van der Waals surface area (Å²) in [7, 11) is 0. The molecule has 0 aliphatic carbocycles. The van der Waals surface area contributed by atoms with Gasteiger partial charge in [0.05, 0.1) is 9.85 Å². The van der Waals surface area contributed by atoms with E-state index in [0.29, 0.717) is 11.1 Å². The fraction of sp³-hybridized carbons (Fsp3) is 0.125. The smallest absolute Gasteiger partial charge is 0.269 e. The summed E-state index contributed by atoms with van der Waals surface area (Å²) in [6.45, 7) is 0. The highest BCUT2D eigenvalue weighted by Crippen LogP contribution is 2.25. The number of non-ortho nitro benzene ring substituents is 2. The van der Waals surface area contributed by atoms with Crippen LogP contribution in [0.1, 0.15) is 23.2 Å². The van der Waals surface area contributed by atoms with Crippen LogP contribution in [0.3, 0.4) is 0 Å². The molecule has 2 unspecified atom stereocenters. The fourth-order valence-corrected chi connectivity index (χ4v) is 2.63. The molecule has 2 atom stereocenters. The molecular weight excluding hydrogens is 344 g/mol. The molecule has 2 aromatic rings. The van der Waals surface area contributed by atoms with Gasteiger partial charge in [-0.3, -0.25) is 29.8 Å². The van der Waals surface area contributed by atoms with Crippen molar-refractivity contribution in [3.63, 3.8) is 0 Å². The standard InChI is InChI=1S/C16H12N4O6/c21-15-13(9-1-5-11(6-2-9)19(23)24)17-16(22)14(18-15)10-3-7-12(8-4-10)20(25)26/h1-8,13-14H,(H,17,22)(H,18,21). The average molecular weight is 356 g/mol. The van der Waals surface area contributed by atoms with E-state index in [4.69, 9.17) is 0 Å². The molecular formula is C16H12N4O6. The Hall–Kier alpha value is -3.82. The molecule has 0 aromatic heterocycles. The molecule has 0 spiro atoms. The quantitative estimate of drug-likeness (QED) is 0.628. The van der Waals surface area contributed by atoms with Crippen LogP contribution < -0.4 is 10.6 Å². The summed E-state index contributed by atoms with van der Waals surface area (Å²) in [4.78, 5) is 44.9. The number of hydrogen-bond acceptors (Lipinski definition) is 6. The SMILES string of the molecule is O=C1NC(c2ccc([N+](=O)[O-])cc2)C(=O)NC1c1ccc([N+](=O)[O-])cc1. The van der Waals surface area contributed by atoms with Crippen LogP contribution in [0.2, 0.25) is 0 Å². The van der Waals surface area contributed by atoms with E-state index in [0.717, 1.165) is 0 Å². The summed E-state index contributed by atoms with van der Waals surface area (Å²) in [6.07, 6.45) is 0. The van der Waals surface area contributed by atoms with E-state index >= 15 is 0 Å². The Bertz CT molecular complexity index is 818. The minimum absolute atomic E-state index is 0.125. The molecule has 1 fully saturated rings. The number of rotatable bonds is 4. The molecule has 1 aliphatic rings. The summed E-state index contributed by atoms with van der Waals surface area (Å²) in [5.74, 6) is -0.969. The van der Waals surface area contributed by atoms with Crippen molar-refractivity contribution in [2.75, 3.05) is 0 Å². The van der Waals surface area contributed by atoms with Crippen molar-refractivity contribution in [2.24, 2.45) is 0 Å². The molecule has 10 nitrogen and oxygen atoms in total. The number of nitrogens with one attached hydrogen (secondary N) is 2. The molecule has 26 heavy (non-hydrogen) atoms. The van der Waals surface area contributed by atoms with E-state index in [1.54, 1.807) is 0 Å². The number of nitro benzene ring substituents is 2. The topological polar surface area (TPSA) is 144 Å². The maximum absolute atomic E-state index is 12.4. The summed E-state index contributed by atoms with van der Waals surface area (Å²) in [5.41, 5.74) is 0.562. The Morgan fingerprint density at radius 1 is 0.654 bits per heavy atom. The summed E-state index contributed by atoms with van der Waals surface area (Å²) in [5, 5.41) is 26.5. The molecule has 0 bridgehead atoms. The van der Waals surface area contributed by atoms with E-state index in [9.17, 15) is 29.8 Å². The van der Waals surface area contributed by atoms with Crippen molar-refractivity contribution >= 4 is 23.2 Å². The second kappa shape index (κ2) is 6.59. The summed E-state index contributed by atoms with van der Waals surface area (Å²) in [6, 6.07) is 8.63. The van der Waals surface area contributed by atoms with Crippen molar-refractivity contribution < 1.29 is 19.4 Å². The van der Waals surface area contributed by atoms with E-state index in [2.05, 4.69) is 10.6 Å². The van der Waals surface area contributed by atoms with Gasteiger partial charge < -0.3 is 10.6 Å². The summed E-state index contributed by atoms with van der Waals surface area (Å²) >= 11 is 0. The lowest BCUT2D eigenvalue weighted by atomic mass is 9.98. The van der Waals surface area contributed by atoms with Crippen molar-refractivity contribution in [2.45, 2.75) is 12.1 Å². The van der Waals surface area contributed by atoms with Gasteiger partial charge in [0.25, 0.3) is 11.4 Å². The number of hydrogen-bond donors (Lipinski definition) is 2. The van der Waals surface area contributed by atoms with E-state index in [1.807, 2.05) is 0 Å². The first-order valence-corrected chi connectivity index (χ1v) is 7.46. The zero-order chi connectivity index (χ0) is 18.8. The number of nitro groups is 2. The van der Waals surface area contributed by atoms with Crippen molar-refractivity contribution in [1.29, 1.82) is 0 Å². The molecule has 132 valence electrons. The molecule has 0 saturated carbocycles. The van der Waals surface area contributed by atoms with Crippen LogP contribution in [-0.4, -0.2) is 21.7 Å². The van der Waals surface area contributed by atoms with Gasteiger partial charge in [0.2, 0.25) is 11.8 Å². The van der Waals surface area contributed by atoms with Gasteiger partial charge in [-0.15, -0.1) is 0 Å². The number of carbonyl (C=O) groups is 2. The molecule has 2 N–H and O–H groups in total. The molecule has 3 rings (SSSR count). The first-order valence-electron chi connectivity index (χ1n) is 7.46. The highest BCUT2D eigenvalue weighted by Gasteiger charge is 2.35. The van der Waals surface area contributed by atoms with Crippen molar-refractivity contribution in [1.82, 2.24) is 10.6 Å². The van der Waals surface area contributed by atoms with Gasteiger partial charge in [-0.25, -0.2) is 0 Å². The van der Waals surface area contributed by atoms with Crippen LogP contribution in [0, 0.1) is 20.2 Å². The largest absolute Gasteiger partial charge is 0.338 e. The molecule has 2 amide bonds. The second-order valence-corrected chi connectivity index (χ2v) is 5.58. The van der Waals surface area contributed by atoms with Gasteiger partial charge >= 0.3 is 0 Å². The van der Waals surface area contributed by atoms with Gasteiger partial charge in [0.15, 0.2) is 0 Å². The third-order valence-corrected chi connectivity index (χ3v) is 3.97. The van der Waals surface area contributed by atoms with Crippen LogP contribution in [-0.2, 0) is 9.59 Å². The number of piperazine rings is 1. The third-order valence-electron chi connectivity index (χ3n) is 3.97. The van der Waals surface area contributed by atoms with Crippen LogP contribution in [0.25, 0.3) is 0 Å². The fourth-order valence-electron chi connectivity index (χ4n) is 2.63. The van der Waals surface area contributed by atoms with Crippen LogP contribution >= 0.6 is 0 Å². The van der Waals surface area contributed by atoms with Crippen LogP contribution in [0.4, 0.5) is 11.4 Å². The van der Waals surface area contributed by atoms with Crippen molar-refractivity contribution in [3.8, 4) is 0 Å². The first kappa shape index (κ1) is 17.0. The predicted molar refractivity (Wildman–Crippen MR) is 88.0 cm³/mol. The maximum atomic E-state index is 12.4. The Morgan fingerprint density at radius 3 is 1.23 bits per heavy atom. The van der Waals surface area contributed by atoms with Crippen LogP contribution in [0.15, 0.2) is 48.5 Å². The molecule has 10 heteroatoms. The minimum Gasteiger partial charge on any atom is -0.338 e.